The summed E-state index contributed by atoms with van der Waals surface area (Å²) in [6.07, 6.45) is 0. The Bertz CT molecular complexity index is 849. The molecule has 124 valence electrons. The number of amides is 1. The van der Waals surface area contributed by atoms with Gasteiger partial charge >= 0.3 is 0 Å². The zero-order valence-corrected chi connectivity index (χ0v) is 13.6. The van der Waals surface area contributed by atoms with Crippen LogP contribution < -0.4 is 10.1 Å². The molecule has 0 fully saturated rings. The molecule has 2 aromatic heterocycles. The number of nitrogens with one attached hydrogen (secondary N) is 1. The van der Waals surface area contributed by atoms with Gasteiger partial charge in [0.25, 0.3) is 11.8 Å². The number of hydrogen-bond donors (Lipinski definition) is 1. The number of benzene rings is 1. The number of carbonyl (C=O) groups is 1. The Labute approximate surface area is 138 Å². The summed E-state index contributed by atoms with van der Waals surface area (Å²) in [6.45, 7) is 3.71. The van der Waals surface area contributed by atoms with Crippen LogP contribution in [0.25, 0.3) is 11.5 Å². The second kappa shape index (κ2) is 6.57. The highest BCUT2D eigenvalue weighted by atomic mass is 16.5. The Morgan fingerprint density at radius 3 is 2.62 bits per heavy atom. The Kier molecular flexibility index (Phi) is 4.33. The van der Waals surface area contributed by atoms with Gasteiger partial charge in [-0.2, -0.15) is 4.98 Å². The Balaban J connectivity index is 1.65. The molecule has 0 aliphatic carbocycles. The fraction of sp³-hybridized carbons (Fsp3) is 0.235. The van der Waals surface area contributed by atoms with Gasteiger partial charge in [-0.3, -0.25) is 4.79 Å². The quantitative estimate of drug-likeness (QED) is 0.775. The minimum atomic E-state index is -0.236. The van der Waals surface area contributed by atoms with E-state index in [4.69, 9.17) is 13.7 Å². The van der Waals surface area contributed by atoms with E-state index in [0.717, 1.165) is 11.3 Å². The molecular weight excluding hydrogens is 310 g/mol. The smallest absolute Gasteiger partial charge is 0.257 e. The maximum atomic E-state index is 12.1. The Morgan fingerprint density at radius 2 is 2.00 bits per heavy atom. The third-order valence-electron chi connectivity index (χ3n) is 3.50. The molecule has 1 amide bonds. The summed E-state index contributed by atoms with van der Waals surface area (Å²) >= 11 is 0. The van der Waals surface area contributed by atoms with Gasteiger partial charge in [-0.15, -0.1) is 0 Å². The standard InChI is InChI=1S/C17H17N3O4/c1-10-8-14(11(2)23-10)16(21)18-9-15-19-17(24-20-15)12-4-6-13(22-3)7-5-12/h4-8H,9H2,1-3H3,(H,18,21). The van der Waals surface area contributed by atoms with Crippen molar-refractivity contribution in [3.05, 3.63) is 53.2 Å². The molecule has 0 aliphatic rings. The van der Waals surface area contributed by atoms with Crippen molar-refractivity contribution in [2.45, 2.75) is 20.4 Å². The lowest BCUT2D eigenvalue weighted by molar-refractivity contribution is 0.0948. The van der Waals surface area contributed by atoms with Crippen molar-refractivity contribution in [1.29, 1.82) is 0 Å². The van der Waals surface area contributed by atoms with Gasteiger partial charge in [0.2, 0.25) is 0 Å². The predicted octanol–water partition coefficient (Wildman–Crippen LogP) is 2.89. The summed E-state index contributed by atoms with van der Waals surface area (Å²) in [4.78, 5) is 16.4. The first-order valence-electron chi connectivity index (χ1n) is 7.39. The van der Waals surface area contributed by atoms with Crippen LogP contribution in [0.1, 0.15) is 27.7 Å². The van der Waals surface area contributed by atoms with Gasteiger partial charge in [0.1, 0.15) is 17.3 Å². The number of rotatable bonds is 5. The average molecular weight is 327 g/mol. The largest absolute Gasteiger partial charge is 0.497 e. The van der Waals surface area contributed by atoms with Crippen LogP contribution in [0.5, 0.6) is 5.75 Å². The van der Waals surface area contributed by atoms with E-state index in [9.17, 15) is 4.79 Å². The van der Waals surface area contributed by atoms with Crippen LogP contribution >= 0.6 is 0 Å². The molecule has 7 nitrogen and oxygen atoms in total. The number of carbonyl (C=O) groups excluding carboxylic acids is 1. The van der Waals surface area contributed by atoms with E-state index in [2.05, 4.69) is 15.5 Å². The fourth-order valence-corrected chi connectivity index (χ4v) is 2.29. The SMILES string of the molecule is COc1ccc(-c2nc(CNC(=O)c3cc(C)oc3C)no2)cc1. The van der Waals surface area contributed by atoms with Gasteiger partial charge in [0.15, 0.2) is 5.82 Å². The summed E-state index contributed by atoms with van der Waals surface area (Å²) in [5.74, 6) is 2.57. The highest BCUT2D eigenvalue weighted by molar-refractivity contribution is 5.95. The molecule has 24 heavy (non-hydrogen) atoms. The van der Waals surface area contributed by atoms with E-state index < -0.39 is 0 Å². The lowest BCUT2D eigenvalue weighted by atomic mass is 10.2. The maximum Gasteiger partial charge on any atom is 0.257 e. The van der Waals surface area contributed by atoms with Gasteiger partial charge in [0.05, 0.1) is 19.2 Å². The third-order valence-corrected chi connectivity index (χ3v) is 3.50. The van der Waals surface area contributed by atoms with Gasteiger partial charge in [0, 0.05) is 5.56 Å². The van der Waals surface area contributed by atoms with E-state index in [1.807, 2.05) is 24.3 Å². The number of furan rings is 1. The minimum Gasteiger partial charge on any atom is -0.497 e. The van der Waals surface area contributed by atoms with Gasteiger partial charge in [-0.1, -0.05) is 5.16 Å². The van der Waals surface area contributed by atoms with Crippen LogP contribution in [0.15, 0.2) is 39.3 Å². The van der Waals surface area contributed by atoms with Crippen molar-refractivity contribution in [1.82, 2.24) is 15.5 Å². The van der Waals surface area contributed by atoms with Crippen LogP contribution in [0.4, 0.5) is 0 Å². The van der Waals surface area contributed by atoms with E-state index in [-0.39, 0.29) is 12.5 Å². The second-order valence-corrected chi connectivity index (χ2v) is 5.25. The van der Waals surface area contributed by atoms with Crippen LogP contribution in [0.3, 0.4) is 0 Å². The van der Waals surface area contributed by atoms with E-state index in [0.29, 0.717) is 28.8 Å². The van der Waals surface area contributed by atoms with E-state index in [1.54, 1.807) is 27.0 Å². The van der Waals surface area contributed by atoms with Crippen molar-refractivity contribution < 1.29 is 18.5 Å². The van der Waals surface area contributed by atoms with Gasteiger partial charge < -0.3 is 19.0 Å². The van der Waals surface area contributed by atoms with E-state index >= 15 is 0 Å². The number of aromatic nitrogens is 2. The minimum absolute atomic E-state index is 0.169. The highest BCUT2D eigenvalue weighted by Gasteiger charge is 2.15. The second-order valence-electron chi connectivity index (χ2n) is 5.25. The van der Waals surface area contributed by atoms with Crippen LogP contribution in [-0.4, -0.2) is 23.2 Å². The Morgan fingerprint density at radius 1 is 1.25 bits per heavy atom. The van der Waals surface area contributed by atoms with Crippen LogP contribution in [0, 0.1) is 13.8 Å². The van der Waals surface area contributed by atoms with Crippen molar-refractivity contribution in [2.75, 3.05) is 7.11 Å². The van der Waals surface area contributed by atoms with Crippen molar-refractivity contribution in [2.24, 2.45) is 0 Å². The molecule has 1 N–H and O–H groups in total. The number of hydrogen-bond acceptors (Lipinski definition) is 6. The third kappa shape index (κ3) is 3.29. The maximum absolute atomic E-state index is 12.1. The van der Waals surface area contributed by atoms with Crippen LogP contribution in [-0.2, 0) is 6.54 Å². The molecule has 0 bridgehead atoms. The molecule has 0 saturated heterocycles. The molecule has 0 atom stereocenters. The van der Waals surface area contributed by atoms with Crippen molar-refractivity contribution in [3.63, 3.8) is 0 Å². The van der Waals surface area contributed by atoms with Crippen LogP contribution in [0.2, 0.25) is 0 Å². The molecule has 3 aromatic rings. The molecule has 0 unspecified atom stereocenters. The van der Waals surface area contributed by atoms with Gasteiger partial charge in [-0.25, -0.2) is 0 Å². The molecule has 0 aliphatic heterocycles. The lowest BCUT2D eigenvalue weighted by Gasteiger charge is -2.00. The summed E-state index contributed by atoms with van der Waals surface area (Å²) in [7, 11) is 1.60. The number of nitrogens with zero attached hydrogens (tertiary/aromatic N) is 2. The van der Waals surface area contributed by atoms with Crippen molar-refractivity contribution in [3.8, 4) is 17.2 Å². The molecule has 3 rings (SSSR count). The zero-order chi connectivity index (χ0) is 17.1. The van der Waals surface area contributed by atoms with E-state index in [1.165, 1.54) is 0 Å². The molecule has 0 saturated carbocycles. The number of aryl methyl sites for hydroxylation is 2. The summed E-state index contributed by atoms with van der Waals surface area (Å²) in [6, 6.07) is 8.97. The number of ether oxygens (including phenoxy) is 1. The predicted molar refractivity (Wildman–Crippen MR) is 85.6 cm³/mol. The lowest BCUT2D eigenvalue weighted by Crippen LogP contribution is -2.23. The average Bonchev–Trinajstić information content (AvgIpc) is 3.19. The Hall–Kier alpha value is -3.09. The first kappa shape index (κ1) is 15.8. The first-order chi connectivity index (χ1) is 11.6. The molecular formula is C17H17N3O4. The summed E-state index contributed by atoms with van der Waals surface area (Å²) in [5.41, 5.74) is 1.29. The normalized spacial score (nSPS) is 10.6. The zero-order valence-electron chi connectivity index (χ0n) is 13.6. The highest BCUT2D eigenvalue weighted by Crippen LogP contribution is 2.20. The summed E-state index contributed by atoms with van der Waals surface area (Å²) < 4.78 is 15.7. The molecule has 0 spiro atoms. The number of methoxy groups -OCH3 is 1. The monoisotopic (exact) mass is 327 g/mol. The van der Waals surface area contributed by atoms with Crippen molar-refractivity contribution >= 4 is 5.91 Å². The topological polar surface area (TPSA) is 90.4 Å². The first-order valence-corrected chi connectivity index (χ1v) is 7.39. The molecule has 1 aromatic carbocycles. The molecule has 2 heterocycles. The summed E-state index contributed by atoms with van der Waals surface area (Å²) in [5, 5.41) is 6.62. The molecule has 0 radical (unpaired) electrons. The van der Waals surface area contributed by atoms with Gasteiger partial charge in [-0.05, 0) is 44.2 Å². The molecule has 7 heteroatoms. The fourth-order valence-electron chi connectivity index (χ4n) is 2.29.